The average Bonchev–Trinajstić information content (AvgIpc) is 2.46. The van der Waals surface area contributed by atoms with Crippen LogP contribution in [0.1, 0.15) is 32.3 Å². The van der Waals surface area contributed by atoms with Gasteiger partial charge in [-0.1, -0.05) is 53.7 Å². The van der Waals surface area contributed by atoms with Gasteiger partial charge in [0.2, 0.25) is 0 Å². The molecule has 0 radical (unpaired) electrons. The van der Waals surface area contributed by atoms with Gasteiger partial charge in [-0.3, -0.25) is 4.99 Å². The minimum atomic E-state index is 0.422. The van der Waals surface area contributed by atoms with Gasteiger partial charge in [0.05, 0.1) is 0 Å². The molecule has 1 aromatic carbocycles. The lowest BCUT2D eigenvalue weighted by Gasteiger charge is -2.33. The summed E-state index contributed by atoms with van der Waals surface area (Å²) in [5.41, 5.74) is 1.70. The maximum atomic E-state index is 4.72. The number of aliphatic imine (C=N–C) groups is 1. The molecule has 1 aliphatic heterocycles. The lowest BCUT2D eigenvalue weighted by atomic mass is 9.84. The van der Waals surface area contributed by atoms with Gasteiger partial charge < -0.3 is 5.32 Å². The van der Waals surface area contributed by atoms with Crippen molar-refractivity contribution < 1.29 is 0 Å². The molecular formula is C15H21BrN2S. The molecule has 19 heavy (non-hydrogen) atoms. The summed E-state index contributed by atoms with van der Waals surface area (Å²) in [7, 11) is 0. The number of rotatable bonds is 4. The van der Waals surface area contributed by atoms with Crippen LogP contribution in [0.2, 0.25) is 0 Å². The largest absolute Gasteiger partial charge is 0.361 e. The standard InChI is InChI=1S/C15H21BrN2S/c1-3-15(4-2)10-18-14(19-11-15)17-9-12-6-5-7-13(16)8-12/h5-8H,3-4,9-11H2,1-2H3,(H,17,18). The van der Waals surface area contributed by atoms with E-state index in [1.54, 1.807) is 0 Å². The molecule has 1 heterocycles. The summed E-state index contributed by atoms with van der Waals surface area (Å²) < 4.78 is 1.13. The third-order valence-electron chi connectivity index (χ3n) is 3.91. The molecule has 0 atom stereocenters. The van der Waals surface area contributed by atoms with Crippen molar-refractivity contribution in [3.05, 3.63) is 34.3 Å². The molecule has 104 valence electrons. The zero-order chi connectivity index (χ0) is 13.7. The second-order valence-electron chi connectivity index (χ2n) is 5.10. The molecule has 0 saturated heterocycles. The van der Waals surface area contributed by atoms with Crippen molar-refractivity contribution in [3.8, 4) is 0 Å². The predicted molar refractivity (Wildman–Crippen MR) is 88.8 cm³/mol. The van der Waals surface area contributed by atoms with Crippen molar-refractivity contribution in [2.45, 2.75) is 33.2 Å². The fraction of sp³-hybridized carbons (Fsp3) is 0.533. The first-order valence-electron chi connectivity index (χ1n) is 6.83. The molecule has 1 N–H and O–H groups in total. The predicted octanol–water partition coefficient (Wildman–Crippen LogP) is 4.45. The zero-order valence-corrected chi connectivity index (χ0v) is 14.0. The average molecular weight is 341 g/mol. The van der Waals surface area contributed by atoms with Crippen LogP contribution in [-0.2, 0) is 6.54 Å². The highest BCUT2D eigenvalue weighted by molar-refractivity contribution is 9.10. The number of nitrogens with zero attached hydrogens (tertiary/aromatic N) is 1. The van der Waals surface area contributed by atoms with Gasteiger partial charge in [-0.25, -0.2) is 0 Å². The number of nitrogens with one attached hydrogen (secondary N) is 1. The Balaban J connectivity index is 1.90. The van der Waals surface area contributed by atoms with E-state index >= 15 is 0 Å². The summed E-state index contributed by atoms with van der Waals surface area (Å²) in [4.78, 5) is 4.72. The van der Waals surface area contributed by atoms with Crippen LogP contribution < -0.4 is 5.32 Å². The van der Waals surface area contributed by atoms with Gasteiger partial charge in [-0.2, -0.15) is 0 Å². The fourth-order valence-electron chi connectivity index (χ4n) is 2.16. The van der Waals surface area contributed by atoms with Gasteiger partial charge in [0, 0.05) is 23.3 Å². The molecular weight excluding hydrogens is 320 g/mol. The van der Waals surface area contributed by atoms with Gasteiger partial charge in [-0.05, 0) is 36.0 Å². The molecule has 0 amide bonds. The summed E-state index contributed by atoms with van der Waals surface area (Å²) in [5, 5.41) is 4.54. The van der Waals surface area contributed by atoms with Crippen molar-refractivity contribution in [2.75, 3.05) is 12.3 Å². The molecule has 1 aliphatic rings. The van der Waals surface area contributed by atoms with Crippen molar-refractivity contribution in [1.82, 2.24) is 5.32 Å². The molecule has 0 unspecified atom stereocenters. The Morgan fingerprint density at radius 2 is 2.16 bits per heavy atom. The summed E-state index contributed by atoms with van der Waals surface area (Å²) in [6.07, 6.45) is 2.44. The summed E-state index contributed by atoms with van der Waals surface area (Å²) in [6.45, 7) is 6.36. The maximum Gasteiger partial charge on any atom is 0.156 e. The molecule has 0 fully saturated rings. The van der Waals surface area contributed by atoms with Crippen LogP contribution in [0.5, 0.6) is 0 Å². The van der Waals surface area contributed by atoms with Crippen molar-refractivity contribution in [1.29, 1.82) is 0 Å². The monoisotopic (exact) mass is 340 g/mol. The third kappa shape index (κ3) is 3.99. The van der Waals surface area contributed by atoms with Gasteiger partial charge in [-0.15, -0.1) is 0 Å². The summed E-state index contributed by atoms with van der Waals surface area (Å²) in [6, 6.07) is 8.39. The highest BCUT2D eigenvalue weighted by Gasteiger charge is 2.29. The second-order valence-corrected chi connectivity index (χ2v) is 6.98. The van der Waals surface area contributed by atoms with E-state index in [1.807, 2.05) is 17.8 Å². The first kappa shape index (κ1) is 14.9. The Morgan fingerprint density at radius 1 is 1.37 bits per heavy atom. The SMILES string of the molecule is CCC1(CC)CN=C(NCc2cccc(Br)c2)SC1. The van der Waals surface area contributed by atoms with Crippen molar-refractivity contribution >= 4 is 32.9 Å². The molecule has 4 heteroatoms. The van der Waals surface area contributed by atoms with E-state index in [1.165, 1.54) is 24.2 Å². The number of thioether (sulfide) groups is 1. The Hall–Kier alpha value is -0.480. The highest BCUT2D eigenvalue weighted by atomic mass is 79.9. The Kier molecular flexibility index (Phi) is 5.34. The molecule has 0 spiro atoms. The van der Waals surface area contributed by atoms with E-state index in [-0.39, 0.29) is 0 Å². The fourth-order valence-corrected chi connectivity index (χ4v) is 3.88. The van der Waals surface area contributed by atoms with Gasteiger partial charge in [0.15, 0.2) is 5.17 Å². The number of hydrogen-bond acceptors (Lipinski definition) is 3. The quantitative estimate of drug-likeness (QED) is 0.875. The molecule has 2 rings (SSSR count). The zero-order valence-electron chi connectivity index (χ0n) is 11.6. The lowest BCUT2D eigenvalue weighted by molar-refractivity contribution is 0.318. The van der Waals surface area contributed by atoms with E-state index in [0.29, 0.717) is 5.41 Å². The lowest BCUT2D eigenvalue weighted by Crippen LogP contribution is -2.34. The summed E-state index contributed by atoms with van der Waals surface area (Å²) >= 11 is 5.37. The number of benzene rings is 1. The number of amidine groups is 1. The normalized spacial score (nSPS) is 17.9. The molecule has 2 nitrogen and oxygen atoms in total. The van der Waals surface area contributed by atoms with Crippen LogP contribution in [0.25, 0.3) is 0 Å². The van der Waals surface area contributed by atoms with Crippen LogP contribution in [0.4, 0.5) is 0 Å². The highest BCUT2D eigenvalue weighted by Crippen LogP contribution is 2.34. The summed E-state index contributed by atoms with van der Waals surface area (Å²) in [5.74, 6) is 1.18. The molecule has 0 saturated carbocycles. The van der Waals surface area contributed by atoms with E-state index in [2.05, 4.69) is 53.3 Å². The minimum Gasteiger partial charge on any atom is -0.361 e. The van der Waals surface area contributed by atoms with Crippen LogP contribution in [0, 0.1) is 5.41 Å². The smallest absolute Gasteiger partial charge is 0.156 e. The Morgan fingerprint density at radius 3 is 2.74 bits per heavy atom. The van der Waals surface area contributed by atoms with Crippen LogP contribution in [-0.4, -0.2) is 17.5 Å². The van der Waals surface area contributed by atoms with E-state index in [0.717, 1.165) is 22.7 Å². The molecule has 0 aromatic heterocycles. The molecule has 1 aromatic rings. The number of hydrogen-bond donors (Lipinski definition) is 1. The van der Waals surface area contributed by atoms with Gasteiger partial charge in [0.1, 0.15) is 0 Å². The van der Waals surface area contributed by atoms with E-state index in [4.69, 9.17) is 4.99 Å². The topological polar surface area (TPSA) is 24.4 Å². The van der Waals surface area contributed by atoms with Crippen LogP contribution in [0.3, 0.4) is 0 Å². The molecule has 0 bridgehead atoms. The van der Waals surface area contributed by atoms with Gasteiger partial charge in [0.25, 0.3) is 0 Å². The minimum absolute atomic E-state index is 0.422. The first-order valence-corrected chi connectivity index (χ1v) is 8.61. The van der Waals surface area contributed by atoms with Crippen molar-refractivity contribution in [3.63, 3.8) is 0 Å². The third-order valence-corrected chi connectivity index (χ3v) is 5.70. The van der Waals surface area contributed by atoms with Crippen LogP contribution >= 0.6 is 27.7 Å². The number of halogens is 1. The maximum absolute atomic E-state index is 4.72. The van der Waals surface area contributed by atoms with Crippen molar-refractivity contribution in [2.24, 2.45) is 10.4 Å². The van der Waals surface area contributed by atoms with Gasteiger partial charge >= 0.3 is 0 Å². The van der Waals surface area contributed by atoms with E-state index in [9.17, 15) is 0 Å². The molecule has 0 aliphatic carbocycles. The Bertz CT molecular complexity index is 455. The van der Waals surface area contributed by atoms with Crippen LogP contribution in [0.15, 0.2) is 33.7 Å². The van der Waals surface area contributed by atoms with E-state index < -0.39 is 0 Å². The Labute approximate surface area is 128 Å². The second kappa shape index (κ2) is 6.80. The first-order chi connectivity index (χ1) is 9.17.